The summed E-state index contributed by atoms with van der Waals surface area (Å²) in [5.74, 6) is 1.08. The maximum absolute atomic E-state index is 4.65. The third kappa shape index (κ3) is 3.98. The van der Waals surface area contributed by atoms with Gasteiger partial charge < -0.3 is 14.8 Å². The maximum Gasteiger partial charge on any atom is 0.203 e. The van der Waals surface area contributed by atoms with Gasteiger partial charge in [-0.2, -0.15) is 0 Å². The van der Waals surface area contributed by atoms with E-state index in [-0.39, 0.29) is 0 Å². The van der Waals surface area contributed by atoms with Gasteiger partial charge in [0.05, 0.1) is 5.69 Å². The van der Waals surface area contributed by atoms with Crippen molar-refractivity contribution >= 4 is 5.95 Å². The first kappa shape index (κ1) is 15.4. The van der Waals surface area contributed by atoms with E-state index in [1.807, 2.05) is 0 Å². The molecule has 0 aliphatic heterocycles. The minimum absolute atomic E-state index is 0.668. The molecule has 0 atom stereocenters. The summed E-state index contributed by atoms with van der Waals surface area (Å²) in [6.07, 6.45) is 8.74. The number of anilines is 1. The van der Waals surface area contributed by atoms with Crippen LogP contribution in [0.2, 0.25) is 0 Å². The zero-order valence-corrected chi connectivity index (χ0v) is 13.4. The number of aryl methyl sites for hydroxylation is 1. The minimum Gasteiger partial charge on any atom is -0.356 e. The SMILES string of the molecule is CCN(CC)CCCNc1nc(C)cn1C1CCCC1. The van der Waals surface area contributed by atoms with Crippen LogP contribution in [0.25, 0.3) is 0 Å². The lowest BCUT2D eigenvalue weighted by atomic mass is 10.2. The van der Waals surface area contributed by atoms with Crippen molar-refractivity contribution < 1.29 is 0 Å². The van der Waals surface area contributed by atoms with Crippen molar-refractivity contribution in [3.63, 3.8) is 0 Å². The normalized spacial score (nSPS) is 16.2. The van der Waals surface area contributed by atoms with Gasteiger partial charge in [0.1, 0.15) is 0 Å². The molecule has 1 N–H and O–H groups in total. The Hall–Kier alpha value is -1.03. The molecular weight excluding hydrogens is 248 g/mol. The van der Waals surface area contributed by atoms with Crippen LogP contribution in [0.1, 0.15) is 57.7 Å². The molecule has 1 saturated carbocycles. The molecule has 114 valence electrons. The van der Waals surface area contributed by atoms with Crippen molar-refractivity contribution in [1.29, 1.82) is 0 Å². The van der Waals surface area contributed by atoms with Crippen LogP contribution in [0.3, 0.4) is 0 Å². The fourth-order valence-electron chi connectivity index (χ4n) is 3.15. The fraction of sp³-hybridized carbons (Fsp3) is 0.812. The van der Waals surface area contributed by atoms with Crippen LogP contribution in [0.15, 0.2) is 6.20 Å². The number of nitrogens with zero attached hydrogens (tertiary/aromatic N) is 3. The molecule has 0 amide bonds. The summed E-state index contributed by atoms with van der Waals surface area (Å²) in [6.45, 7) is 11.0. The first-order valence-corrected chi connectivity index (χ1v) is 8.26. The number of imidazole rings is 1. The first-order chi connectivity index (χ1) is 9.74. The molecule has 1 aromatic rings. The number of rotatable bonds is 8. The second kappa shape index (κ2) is 7.67. The summed E-state index contributed by atoms with van der Waals surface area (Å²) in [5, 5.41) is 3.54. The molecule has 20 heavy (non-hydrogen) atoms. The summed E-state index contributed by atoms with van der Waals surface area (Å²) in [6, 6.07) is 0.668. The Morgan fingerprint density at radius 2 is 2.00 bits per heavy atom. The van der Waals surface area contributed by atoms with E-state index in [2.05, 4.69) is 46.7 Å². The zero-order valence-electron chi connectivity index (χ0n) is 13.4. The van der Waals surface area contributed by atoms with Gasteiger partial charge in [0.15, 0.2) is 0 Å². The summed E-state index contributed by atoms with van der Waals surface area (Å²) in [5.41, 5.74) is 1.13. The van der Waals surface area contributed by atoms with Gasteiger partial charge in [0, 0.05) is 18.8 Å². The van der Waals surface area contributed by atoms with E-state index in [0.29, 0.717) is 6.04 Å². The van der Waals surface area contributed by atoms with Gasteiger partial charge >= 0.3 is 0 Å². The highest BCUT2D eigenvalue weighted by atomic mass is 15.2. The number of hydrogen-bond donors (Lipinski definition) is 1. The van der Waals surface area contributed by atoms with Gasteiger partial charge in [0.2, 0.25) is 5.95 Å². The van der Waals surface area contributed by atoms with E-state index < -0.39 is 0 Å². The van der Waals surface area contributed by atoms with E-state index >= 15 is 0 Å². The molecule has 0 saturated heterocycles. The Kier molecular flexibility index (Phi) is 5.89. The van der Waals surface area contributed by atoms with Crippen LogP contribution in [0.4, 0.5) is 5.95 Å². The minimum atomic E-state index is 0.668. The Morgan fingerprint density at radius 3 is 2.65 bits per heavy atom. The molecule has 1 aliphatic rings. The molecule has 0 aromatic carbocycles. The Morgan fingerprint density at radius 1 is 1.30 bits per heavy atom. The standard InChI is InChI=1S/C16H30N4/c1-4-19(5-2)12-8-11-17-16-18-14(3)13-20(16)15-9-6-7-10-15/h13,15H,4-12H2,1-3H3,(H,17,18). The second-order valence-electron chi connectivity index (χ2n) is 5.86. The molecule has 4 heteroatoms. The number of nitrogens with one attached hydrogen (secondary N) is 1. The summed E-state index contributed by atoms with van der Waals surface area (Å²) in [4.78, 5) is 7.12. The van der Waals surface area contributed by atoms with Crippen LogP contribution < -0.4 is 5.32 Å². The van der Waals surface area contributed by atoms with Gasteiger partial charge in [-0.3, -0.25) is 0 Å². The van der Waals surface area contributed by atoms with Crippen molar-refractivity contribution in [3.05, 3.63) is 11.9 Å². The van der Waals surface area contributed by atoms with Crippen LogP contribution in [-0.4, -0.2) is 40.6 Å². The topological polar surface area (TPSA) is 33.1 Å². The highest BCUT2D eigenvalue weighted by Crippen LogP contribution is 2.31. The van der Waals surface area contributed by atoms with Gasteiger partial charge in [-0.15, -0.1) is 0 Å². The Bertz CT molecular complexity index is 389. The van der Waals surface area contributed by atoms with E-state index in [9.17, 15) is 0 Å². The van der Waals surface area contributed by atoms with E-state index in [1.165, 1.54) is 38.6 Å². The Labute approximate surface area is 123 Å². The van der Waals surface area contributed by atoms with Gasteiger partial charge in [-0.05, 0) is 45.8 Å². The fourth-order valence-corrected chi connectivity index (χ4v) is 3.15. The van der Waals surface area contributed by atoms with Gasteiger partial charge in [-0.25, -0.2) is 4.98 Å². The van der Waals surface area contributed by atoms with Crippen LogP contribution >= 0.6 is 0 Å². The van der Waals surface area contributed by atoms with Crippen molar-refractivity contribution in [3.8, 4) is 0 Å². The molecule has 1 heterocycles. The Balaban J connectivity index is 1.83. The van der Waals surface area contributed by atoms with Crippen molar-refractivity contribution in [2.75, 3.05) is 31.5 Å². The van der Waals surface area contributed by atoms with Gasteiger partial charge in [-0.1, -0.05) is 26.7 Å². The number of aromatic nitrogens is 2. The first-order valence-electron chi connectivity index (χ1n) is 8.26. The van der Waals surface area contributed by atoms with Crippen LogP contribution in [0.5, 0.6) is 0 Å². The monoisotopic (exact) mass is 278 g/mol. The van der Waals surface area contributed by atoms with Gasteiger partial charge in [0.25, 0.3) is 0 Å². The predicted molar refractivity (Wildman–Crippen MR) is 85.4 cm³/mol. The second-order valence-corrected chi connectivity index (χ2v) is 5.86. The van der Waals surface area contributed by atoms with E-state index in [4.69, 9.17) is 0 Å². The quantitative estimate of drug-likeness (QED) is 0.739. The lowest BCUT2D eigenvalue weighted by Gasteiger charge is -2.19. The molecule has 1 fully saturated rings. The van der Waals surface area contributed by atoms with Crippen molar-refractivity contribution in [2.24, 2.45) is 0 Å². The smallest absolute Gasteiger partial charge is 0.203 e. The third-order valence-electron chi connectivity index (χ3n) is 4.40. The molecule has 1 aliphatic carbocycles. The lowest BCUT2D eigenvalue weighted by molar-refractivity contribution is 0.303. The summed E-state index contributed by atoms with van der Waals surface area (Å²) in [7, 11) is 0. The third-order valence-corrected chi connectivity index (χ3v) is 4.40. The van der Waals surface area contributed by atoms with E-state index in [0.717, 1.165) is 31.3 Å². The van der Waals surface area contributed by atoms with Crippen molar-refractivity contribution in [1.82, 2.24) is 14.5 Å². The highest BCUT2D eigenvalue weighted by Gasteiger charge is 2.19. The van der Waals surface area contributed by atoms with Crippen LogP contribution in [0, 0.1) is 6.92 Å². The number of hydrogen-bond acceptors (Lipinski definition) is 3. The molecule has 0 unspecified atom stereocenters. The summed E-state index contributed by atoms with van der Waals surface area (Å²) >= 11 is 0. The average molecular weight is 278 g/mol. The molecule has 2 rings (SSSR count). The molecule has 4 nitrogen and oxygen atoms in total. The largest absolute Gasteiger partial charge is 0.356 e. The molecule has 0 radical (unpaired) electrons. The van der Waals surface area contributed by atoms with Crippen molar-refractivity contribution in [2.45, 2.75) is 58.9 Å². The zero-order chi connectivity index (χ0) is 14.4. The van der Waals surface area contributed by atoms with Crippen LogP contribution in [-0.2, 0) is 0 Å². The highest BCUT2D eigenvalue weighted by molar-refractivity contribution is 5.29. The maximum atomic E-state index is 4.65. The predicted octanol–water partition coefficient (Wildman–Crippen LogP) is 3.45. The van der Waals surface area contributed by atoms with E-state index in [1.54, 1.807) is 0 Å². The molecular formula is C16H30N4. The molecule has 0 bridgehead atoms. The lowest BCUT2D eigenvalue weighted by Crippen LogP contribution is -2.25. The summed E-state index contributed by atoms with van der Waals surface area (Å²) < 4.78 is 2.37. The molecule has 1 aromatic heterocycles. The molecule has 0 spiro atoms. The average Bonchev–Trinajstić information content (AvgIpc) is 3.08.